The van der Waals surface area contributed by atoms with E-state index >= 15 is 0 Å². The van der Waals surface area contributed by atoms with Crippen LogP contribution in [-0.2, 0) is 0 Å². The van der Waals surface area contributed by atoms with Crippen molar-refractivity contribution >= 4 is 0 Å². The van der Waals surface area contributed by atoms with Crippen LogP contribution in [-0.4, -0.2) is 12.6 Å². The molecule has 1 aliphatic carbocycles. The Kier molecular flexibility index (Phi) is 5.26. The molecule has 1 aromatic rings. The molecule has 2 nitrogen and oxygen atoms in total. The largest absolute Gasteiger partial charge is 0.494 e. The first kappa shape index (κ1) is 14.4. The van der Waals surface area contributed by atoms with Gasteiger partial charge in [-0.3, -0.25) is 0 Å². The molecule has 2 rings (SSSR count). The molecule has 3 atom stereocenters. The Hall–Kier alpha value is -1.02. The minimum atomic E-state index is 0.418. The molecule has 1 fully saturated rings. The Bertz CT molecular complexity index is 373. The summed E-state index contributed by atoms with van der Waals surface area (Å²) in [5.74, 6) is 1.77. The molecule has 0 aliphatic heterocycles. The van der Waals surface area contributed by atoms with E-state index in [0.29, 0.717) is 12.1 Å². The summed E-state index contributed by atoms with van der Waals surface area (Å²) in [4.78, 5) is 0. The maximum Gasteiger partial charge on any atom is 0.119 e. The number of nitrogens with one attached hydrogen (secondary N) is 1. The van der Waals surface area contributed by atoms with Crippen LogP contribution < -0.4 is 10.1 Å². The van der Waals surface area contributed by atoms with E-state index in [0.717, 1.165) is 18.3 Å². The lowest BCUT2D eigenvalue weighted by atomic mass is 9.85. The van der Waals surface area contributed by atoms with E-state index in [1.165, 1.54) is 31.2 Å². The summed E-state index contributed by atoms with van der Waals surface area (Å²) in [6.45, 7) is 7.38. The van der Waals surface area contributed by atoms with Gasteiger partial charge in [0.25, 0.3) is 0 Å². The van der Waals surface area contributed by atoms with E-state index in [-0.39, 0.29) is 0 Å². The molecule has 0 spiro atoms. The normalized spacial score (nSPS) is 25.0. The zero-order chi connectivity index (χ0) is 13.7. The molecule has 3 unspecified atom stereocenters. The van der Waals surface area contributed by atoms with Gasteiger partial charge in [0.15, 0.2) is 0 Å². The average molecular weight is 261 g/mol. The van der Waals surface area contributed by atoms with Gasteiger partial charge < -0.3 is 10.1 Å². The second-order valence-electron chi connectivity index (χ2n) is 5.76. The van der Waals surface area contributed by atoms with Crippen LogP contribution in [0.3, 0.4) is 0 Å². The van der Waals surface area contributed by atoms with E-state index < -0.39 is 0 Å². The summed E-state index contributed by atoms with van der Waals surface area (Å²) in [6, 6.07) is 9.59. The fraction of sp³-hybridized carbons (Fsp3) is 0.647. The third-order valence-corrected chi connectivity index (χ3v) is 4.27. The minimum absolute atomic E-state index is 0.418. The Morgan fingerprint density at radius 1 is 1.21 bits per heavy atom. The van der Waals surface area contributed by atoms with Gasteiger partial charge in [-0.2, -0.15) is 0 Å². The number of hydrogen-bond acceptors (Lipinski definition) is 2. The SMILES string of the molecule is CCOc1ccc(C(C)NC2CCCCC2C)cc1. The van der Waals surface area contributed by atoms with Gasteiger partial charge in [-0.15, -0.1) is 0 Å². The lowest BCUT2D eigenvalue weighted by Crippen LogP contribution is -2.38. The zero-order valence-electron chi connectivity index (χ0n) is 12.5. The highest BCUT2D eigenvalue weighted by Crippen LogP contribution is 2.26. The highest BCUT2D eigenvalue weighted by Gasteiger charge is 2.22. The maximum atomic E-state index is 5.49. The van der Waals surface area contributed by atoms with Gasteiger partial charge in [0.1, 0.15) is 5.75 Å². The first-order chi connectivity index (χ1) is 9.20. The Labute approximate surface area is 117 Å². The maximum absolute atomic E-state index is 5.49. The predicted octanol–water partition coefficient (Wildman–Crippen LogP) is 4.31. The van der Waals surface area contributed by atoms with Gasteiger partial charge in [-0.25, -0.2) is 0 Å². The Morgan fingerprint density at radius 3 is 2.53 bits per heavy atom. The monoisotopic (exact) mass is 261 g/mol. The summed E-state index contributed by atoms with van der Waals surface area (Å²) in [7, 11) is 0. The van der Waals surface area contributed by atoms with E-state index in [1.807, 2.05) is 6.92 Å². The van der Waals surface area contributed by atoms with Crippen molar-refractivity contribution in [3.05, 3.63) is 29.8 Å². The van der Waals surface area contributed by atoms with E-state index in [4.69, 9.17) is 4.74 Å². The molecule has 1 saturated carbocycles. The van der Waals surface area contributed by atoms with Crippen molar-refractivity contribution in [2.45, 2.75) is 58.5 Å². The molecule has 19 heavy (non-hydrogen) atoms. The standard InChI is InChI=1S/C17H27NO/c1-4-19-16-11-9-15(10-12-16)14(3)18-17-8-6-5-7-13(17)2/h9-14,17-18H,4-8H2,1-3H3. The summed E-state index contributed by atoms with van der Waals surface area (Å²) >= 11 is 0. The van der Waals surface area contributed by atoms with Crippen LogP contribution in [0.4, 0.5) is 0 Å². The van der Waals surface area contributed by atoms with Crippen LogP contribution in [0.5, 0.6) is 5.75 Å². The van der Waals surface area contributed by atoms with Crippen molar-refractivity contribution in [1.82, 2.24) is 5.32 Å². The van der Waals surface area contributed by atoms with Crippen LogP contribution in [0.25, 0.3) is 0 Å². The third-order valence-electron chi connectivity index (χ3n) is 4.27. The number of ether oxygens (including phenoxy) is 1. The van der Waals surface area contributed by atoms with Crippen molar-refractivity contribution < 1.29 is 4.74 Å². The van der Waals surface area contributed by atoms with E-state index in [2.05, 4.69) is 43.4 Å². The average Bonchev–Trinajstić information content (AvgIpc) is 2.42. The lowest BCUT2D eigenvalue weighted by molar-refractivity contribution is 0.263. The first-order valence-corrected chi connectivity index (χ1v) is 7.69. The van der Waals surface area contributed by atoms with Crippen LogP contribution >= 0.6 is 0 Å². The summed E-state index contributed by atoms with van der Waals surface area (Å²) in [5.41, 5.74) is 1.35. The number of benzene rings is 1. The summed E-state index contributed by atoms with van der Waals surface area (Å²) in [6.07, 6.45) is 5.46. The molecule has 106 valence electrons. The Balaban J connectivity index is 1.93. The van der Waals surface area contributed by atoms with Crippen LogP contribution in [0.15, 0.2) is 24.3 Å². The first-order valence-electron chi connectivity index (χ1n) is 7.69. The molecular weight excluding hydrogens is 234 g/mol. The molecule has 0 aromatic heterocycles. The smallest absolute Gasteiger partial charge is 0.119 e. The molecule has 1 aliphatic rings. The number of hydrogen-bond donors (Lipinski definition) is 1. The Morgan fingerprint density at radius 2 is 1.89 bits per heavy atom. The van der Waals surface area contributed by atoms with E-state index in [1.54, 1.807) is 0 Å². The highest BCUT2D eigenvalue weighted by molar-refractivity contribution is 5.29. The second kappa shape index (κ2) is 6.95. The minimum Gasteiger partial charge on any atom is -0.494 e. The van der Waals surface area contributed by atoms with Crippen molar-refractivity contribution in [3.63, 3.8) is 0 Å². The molecule has 1 N–H and O–H groups in total. The summed E-state index contributed by atoms with van der Waals surface area (Å²) < 4.78 is 5.49. The molecule has 0 saturated heterocycles. The van der Waals surface area contributed by atoms with Crippen LogP contribution in [0.2, 0.25) is 0 Å². The number of rotatable bonds is 5. The molecule has 0 radical (unpaired) electrons. The van der Waals surface area contributed by atoms with Gasteiger partial charge in [-0.1, -0.05) is 31.9 Å². The highest BCUT2D eigenvalue weighted by atomic mass is 16.5. The molecule has 0 heterocycles. The van der Waals surface area contributed by atoms with Gasteiger partial charge in [0.05, 0.1) is 6.61 Å². The van der Waals surface area contributed by atoms with Gasteiger partial charge in [-0.05, 0) is 50.3 Å². The van der Waals surface area contributed by atoms with Gasteiger partial charge in [0.2, 0.25) is 0 Å². The van der Waals surface area contributed by atoms with E-state index in [9.17, 15) is 0 Å². The topological polar surface area (TPSA) is 21.3 Å². The van der Waals surface area contributed by atoms with Crippen molar-refractivity contribution in [2.75, 3.05) is 6.61 Å². The van der Waals surface area contributed by atoms with Crippen molar-refractivity contribution in [1.29, 1.82) is 0 Å². The van der Waals surface area contributed by atoms with Crippen molar-refractivity contribution in [2.24, 2.45) is 5.92 Å². The lowest BCUT2D eigenvalue weighted by Gasteiger charge is -2.32. The van der Waals surface area contributed by atoms with Crippen LogP contribution in [0, 0.1) is 5.92 Å². The summed E-state index contributed by atoms with van der Waals surface area (Å²) in [5, 5.41) is 3.80. The second-order valence-corrected chi connectivity index (χ2v) is 5.76. The quantitative estimate of drug-likeness (QED) is 0.852. The molecule has 0 bridgehead atoms. The van der Waals surface area contributed by atoms with Gasteiger partial charge in [0, 0.05) is 12.1 Å². The molecular formula is C17H27NO. The molecule has 2 heteroatoms. The van der Waals surface area contributed by atoms with Crippen molar-refractivity contribution in [3.8, 4) is 5.75 Å². The fourth-order valence-corrected chi connectivity index (χ4v) is 3.00. The fourth-order valence-electron chi connectivity index (χ4n) is 3.00. The predicted molar refractivity (Wildman–Crippen MR) is 80.6 cm³/mol. The van der Waals surface area contributed by atoms with Gasteiger partial charge >= 0.3 is 0 Å². The zero-order valence-corrected chi connectivity index (χ0v) is 12.5. The third kappa shape index (κ3) is 3.97. The molecule has 0 amide bonds. The van der Waals surface area contributed by atoms with Crippen LogP contribution in [0.1, 0.15) is 58.1 Å². The molecule has 1 aromatic carbocycles.